The molecule has 19 heavy (non-hydrogen) atoms. The maximum absolute atomic E-state index is 14.2. The number of hydrogen-bond donors (Lipinski definition) is 1. The van der Waals surface area contributed by atoms with Crippen molar-refractivity contribution in [1.29, 1.82) is 0 Å². The summed E-state index contributed by atoms with van der Waals surface area (Å²) >= 11 is 5.64. The summed E-state index contributed by atoms with van der Waals surface area (Å²) in [5.74, 6) is -1.76. The number of rotatable bonds is 2. The molecule has 3 rings (SSSR count). The van der Waals surface area contributed by atoms with Crippen molar-refractivity contribution < 1.29 is 18.3 Å². The van der Waals surface area contributed by atoms with Crippen LogP contribution in [0.25, 0.3) is 0 Å². The molecule has 0 radical (unpaired) electrons. The SMILES string of the molecule is OC(c1c(F)ccc(Cl)c1F)C12CCC(F)(CC1)C2. The molecule has 0 saturated heterocycles. The average molecular weight is 291 g/mol. The molecule has 2 bridgehead atoms. The Hall–Kier alpha value is -0.740. The smallest absolute Gasteiger partial charge is 0.150 e. The van der Waals surface area contributed by atoms with E-state index in [2.05, 4.69) is 0 Å². The molecule has 1 atom stereocenters. The minimum Gasteiger partial charge on any atom is -0.388 e. The van der Waals surface area contributed by atoms with Crippen molar-refractivity contribution in [3.8, 4) is 0 Å². The molecule has 104 valence electrons. The normalized spacial score (nSPS) is 34.8. The highest BCUT2D eigenvalue weighted by molar-refractivity contribution is 6.30. The maximum Gasteiger partial charge on any atom is 0.150 e. The van der Waals surface area contributed by atoms with E-state index in [9.17, 15) is 18.3 Å². The molecular formula is C14H14ClF3O. The van der Waals surface area contributed by atoms with Crippen molar-refractivity contribution >= 4 is 11.6 Å². The highest BCUT2D eigenvalue weighted by Crippen LogP contribution is 2.63. The Balaban J connectivity index is 2.02. The van der Waals surface area contributed by atoms with Gasteiger partial charge in [-0.2, -0.15) is 0 Å². The van der Waals surface area contributed by atoms with Gasteiger partial charge in [-0.15, -0.1) is 0 Å². The Kier molecular flexibility index (Phi) is 2.88. The molecular weight excluding hydrogens is 277 g/mol. The van der Waals surface area contributed by atoms with Crippen LogP contribution in [0.15, 0.2) is 12.1 Å². The van der Waals surface area contributed by atoms with Gasteiger partial charge >= 0.3 is 0 Å². The van der Waals surface area contributed by atoms with Crippen LogP contribution in [0, 0.1) is 17.0 Å². The maximum atomic E-state index is 14.2. The van der Waals surface area contributed by atoms with E-state index in [1.54, 1.807) is 0 Å². The van der Waals surface area contributed by atoms with E-state index in [1.807, 2.05) is 0 Å². The Morgan fingerprint density at radius 1 is 1.16 bits per heavy atom. The molecule has 0 spiro atoms. The van der Waals surface area contributed by atoms with E-state index in [0.717, 1.165) is 12.1 Å². The Morgan fingerprint density at radius 2 is 1.79 bits per heavy atom. The molecule has 5 heteroatoms. The molecule has 2 aliphatic rings. The largest absolute Gasteiger partial charge is 0.388 e. The Bertz CT molecular complexity index is 524. The number of halogens is 4. The molecule has 0 aliphatic heterocycles. The zero-order valence-corrected chi connectivity index (χ0v) is 11.0. The number of fused-ring (bicyclic) bond motifs is 2. The first-order valence-electron chi connectivity index (χ1n) is 6.37. The molecule has 1 aromatic carbocycles. The molecule has 1 N–H and O–H groups in total. The van der Waals surface area contributed by atoms with Crippen LogP contribution in [0.2, 0.25) is 5.02 Å². The van der Waals surface area contributed by atoms with E-state index < -0.39 is 34.4 Å². The van der Waals surface area contributed by atoms with E-state index in [1.165, 1.54) is 0 Å². The van der Waals surface area contributed by atoms with Crippen molar-refractivity contribution in [3.63, 3.8) is 0 Å². The first kappa shape index (κ1) is 13.3. The zero-order valence-electron chi connectivity index (χ0n) is 10.2. The lowest BCUT2D eigenvalue weighted by atomic mass is 9.76. The first-order valence-corrected chi connectivity index (χ1v) is 6.75. The summed E-state index contributed by atoms with van der Waals surface area (Å²) in [5.41, 5.74) is -2.44. The number of hydrogen-bond acceptors (Lipinski definition) is 1. The van der Waals surface area contributed by atoms with Crippen LogP contribution in [-0.2, 0) is 0 Å². The fraction of sp³-hybridized carbons (Fsp3) is 0.571. The highest BCUT2D eigenvalue weighted by Gasteiger charge is 2.58. The van der Waals surface area contributed by atoms with Gasteiger partial charge in [0.15, 0.2) is 5.82 Å². The van der Waals surface area contributed by atoms with E-state index in [-0.39, 0.29) is 11.4 Å². The van der Waals surface area contributed by atoms with Gasteiger partial charge in [0.1, 0.15) is 11.5 Å². The van der Waals surface area contributed by atoms with Crippen LogP contribution >= 0.6 is 11.6 Å². The Labute approximate surface area is 114 Å². The molecule has 1 aromatic rings. The lowest BCUT2D eigenvalue weighted by Crippen LogP contribution is -2.26. The summed E-state index contributed by atoms with van der Waals surface area (Å²) in [7, 11) is 0. The predicted octanol–water partition coefficient (Wildman–Crippen LogP) is 4.32. The highest BCUT2D eigenvalue weighted by atomic mass is 35.5. The van der Waals surface area contributed by atoms with Crippen LogP contribution in [0.1, 0.15) is 43.8 Å². The molecule has 1 unspecified atom stereocenters. The zero-order chi connectivity index (χ0) is 13.8. The van der Waals surface area contributed by atoms with E-state index in [4.69, 9.17) is 11.6 Å². The topological polar surface area (TPSA) is 20.2 Å². The van der Waals surface area contributed by atoms with Crippen molar-refractivity contribution in [2.45, 2.75) is 43.9 Å². The van der Waals surface area contributed by atoms with Gasteiger partial charge in [-0.3, -0.25) is 0 Å². The van der Waals surface area contributed by atoms with Gasteiger partial charge < -0.3 is 5.11 Å². The molecule has 0 heterocycles. The quantitative estimate of drug-likeness (QED) is 0.804. The minimum absolute atomic E-state index is 0.173. The van der Waals surface area contributed by atoms with Gasteiger partial charge in [0.25, 0.3) is 0 Å². The van der Waals surface area contributed by atoms with Crippen molar-refractivity contribution in [1.82, 2.24) is 0 Å². The van der Waals surface area contributed by atoms with Crippen LogP contribution in [0.5, 0.6) is 0 Å². The summed E-state index contributed by atoms with van der Waals surface area (Å²) in [5, 5.41) is 10.2. The third-order valence-electron chi connectivity index (χ3n) is 4.74. The number of alkyl halides is 1. The summed E-state index contributed by atoms with van der Waals surface area (Å²) in [6.07, 6.45) is 0.451. The van der Waals surface area contributed by atoms with E-state index >= 15 is 0 Å². The minimum atomic E-state index is -1.34. The van der Waals surface area contributed by atoms with E-state index in [0.29, 0.717) is 25.7 Å². The molecule has 2 aliphatic carbocycles. The first-order chi connectivity index (χ1) is 8.87. The fourth-order valence-electron chi connectivity index (χ4n) is 3.65. The average Bonchev–Trinajstić information content (AvgIpc) is 2.89. The monoisotopic (exact) mass is 290 g/mol. The molecule has 2 fully saturated rings. The molecule has 1 nitrogen and oxygen atoms in total. The summed E-state index contributed by atoms with van der Waals surface area (Å²) < 4.78 is 41.9. The second-order valence-corrected chi connectivity index (χ2v) is 6.26. The van der Waals surface area contributed by atoms with Crippen LogP contribution < -0.4 is 0 Å². The molecule has 0 amide bonds. The van der Waals surface area contributed by atoms with Gasteiger partial charge in [0.05, 0.1) is 16.7 Å². The van der Waals surface area contributed by atoms with Crippen LogP contribution in [-0.4, -0.2) is 10.8 Å². The summed E-state index contributed by atoms with van der Waals surface area (Å²) in [6, 6.07) is 2.15. The third-order valence-corrected chi connectivity index (χ3v) is 5.04. The van der Waals surface area contributed by atoms with Gasteiger partial charge in [-0.1, -0.05) is 11.6 Å². The molecule has 0 aromatic heterocycles. The fourth-order valence-corrected chi connectivity index (χ4v) is 3.81. The molecule has 2 saturated carbocycles. The van der Waals surface area contributed by atoms with Crippen LogP contribution in [0.4, 0.5) is 13.2 Å². The number of aliphatic hydroxyl groups excluding tert-OH is 1. The Morgan fingerprint density at radius 3 is 2.32 bits per heavy atom. The van der Waals surface area contributed by atoms with Gasteiger partial charge in [0.2, 0.25) is 0 Å². The van der Waals surface area contributed by atoms with Crippen LogP contribution in [0.3, 0.4) is 0 Å². The second-order valence-electron chi connectivity index (χ2n) is 5.85. The standard InChI is InChI=1S/C14H14ClF3O/c15-8-1-2-9(16)10(11(8)17)12(19)13-3-5-14(18,7-13)6-4-13/h1-2,12,19H,3-7H2. The second kappa shape index (κ2) is 4.13. The van der Waals surface area contributed by atoms with Gasteiger partial charge in [-0.25, -0.2) is 13.2 Å². The van der Waals surface area contributed by atoms with Gasteiger partial charge in [-0.05, 0) is 44.2 Å². The van der Waals surface area contributed by atoms with Crippen molar-refractivity contribution in [2.75, 3.05) is 0 Å². The lowest BCUT2D eigenvalue weighted by molar-refractivity contribution is 0.0241. The van der Waals surface area contributed by atoms with Gasteiger partial charge in [0, 0.05) is 5.41 Å². The lowest BCUT2D eigenvalue weighted by Gasteiger charge is -2.32. The van der Waals surface area contributed by atoms with Crippen molar-refractivity contribution in [2.24, 2.45) is 5.41 Å². The van der Waals surface area contributed by atoms with Crippen molar-refractivity contribution in [3.05, 3.63) is 34.4 Å². The predicted molar refractivity (Wildman–Crippen MR) is 65.7 cm³/mol. The third kappa shape index (κ3) is 1.88. The summed E-state index contributed by atoms with van der Waals surface area (Å²) in [4.78, 5) is 0. The summed E-state index contributed by atoms with van der Waals surface area (Å²) in [6.45, 7) is 0. The number of aliphatic hydroxyl groups is 1. The number of benzene rings is 1.